The van der Waals surface area contributed by atoms with Crippen LogP contribution in [0, 0.1) is 0 Å². The maximum absolute atomic E-state index is 12.5. The first kappa shape index (κ1) is 25.2. The summed E-state index contributed by atoms with van der Waals surface area (Å²) in [4.78, 5) is 48.2. The highest BCUT2D eigenvalue weighted by molar-refractivity contribution is 5.94. The molecular weight excluding hydrogens is 454 g/mol. The van der Waals surface area contributed by atoms with Gasteiger partial charge in [-0.05, 0) is 22.6 Å². The Morgan fingerprint density at radius 2 is 1.60 bits per heavy atom. The van der Waals surface area contributed by atoms with Crippen LogP contribution in [-0.4, -0.2) is 48.7 Å². The first-order valence-electron chi connectivity index (χ1n) is 10.8. The van der Waals surface area contributed by atoms with E-state index in [9.17, 15) is 19.2 Å². The van der Waals surface area contributed by atoms with Crippen LogP contribution in [0.5, 0.6) is 5.75 Å². The molecule has 9 nitrogen and oxygen atoms in total. The molecule has 0 heterocycles. The van der Waals surface area contributed by atoms with Gasteiger partial charge >= 0.3 is 18.0 Å². The summed E-state index contributed by atoms with van der Waals surface area (Å²) in [6.45, 7) is -0.741. The Bertz CT molecular complexity index is 1210. The predicted octanol–water partition coefficient (Wildman–Crippen LogP) is 3.27. The van der Waals surface area contributed by atoms with Gasteiger partial charge in [-0.3, -0.25) is 14.4 Å². The van der Waals surface area contributed by atoms with Crippen molar-refractivity contribution in [2.45, 2.75) is 25.5 Å². The van der Waals surface area contributed by atoms with Gasteiger partial charge < -0.3 is 24.6 Å². The highest BCUT2D eigenvalue weighted by atomic mass is 16.5. The van der Waals surface area contributed by atoms with Crippen LogP contribution in [0.25, 0.3) is 10.8 Å². The standard InChI is InChI=1S/C26H25NO8/c1-33-23-12-6-10-19-18(9-5-11-20(19)23)13-25(31)34-16-22(28)21(14-24(29)30)27-26(32)35-15-17-7-3-2-4-8-17/h2-12,21H,13-16H2,1H3,(H,27,32)(H,29,30). The predicted molar refractivity (Wildman–Crippen MR) is 126 cm³/mol. The van der Waals surface area contributed by atoms with E-state index in [1.54, 1.807) is 49.6 Å². The number of esters is 1. The van der Waals surface area contributed by atoms with Crippen molar-refractivity contribution in [3.63, 3.8) is 0 Å². The SMILES string of the molecule is COc1cccc2c(CC(=O)OCC(=O)C(CC(=O)O)NC(=O)OCc3ccccc3)cccc12. The molecule has 35 heavy (non-hydrogen) atoms. The quantitative estimate of drug-likeness (QED) is 0.401. The lowest BCUT2D eigenvalue weighted by atomic mass is 10.0. The summed E-state index contributed by atoms with van der Waals surface area (Å²) < 4.78 is 15.5. The van der Waals surface area contributed by atoms with Gasteiger partial charge in [-0.1, -0.05) is 60.7 Å². The minimum absolute atomic E-state index is 0.0501. The fourth-order valence-corrected chi connectivity index (χ4v) is 3.46. The Kier molecular flexibility index (Phi) is 8.77. The van der Waals surface area contributed by atoms with Crippen molar-refractivity contribution in [3.05, 3.63) is 77.9 Å². The summed E-state index contributed by atoms with van der Waals surface area (Å²) in [7, 11) is 1.56. The number of hydrogen-bond acceptors (Lipinski definition) is 7. The molecule has 0 aliphatic carbocycles. The topological polar surface area (TPSA) is 128 Å². The Labute approximate surface area is 201 Å². The van der Waals surface area contributed by atoms with Gasteiger partial charge in [0.05, 0.1) is 20.0 Å². The van der Waals surface area contributed by atoms with Crippen LogP contribution >= 0.6 is 0 Å². The van der Waals surface area contributed by atoms with E-state index in [1.165, 1.54) is 0 Å². The zero-order valence-electron chi connectivity index (χ0n) is 19.1. The molecule has 0 aliphatic rings. The molecule has 3 aromatic rings. The molecular formula is C26H25NO8. The minimum atomic E-state index is -1.41. The van der Waals surface area contributed by atoms with Crippen molar-refractivity contribution in [1.29, 1.82) is 0 Å². The zero-order chi connectivity index (χ0) is 25.2. The Hall–Kier alpha value is -4.40. The molecule has 1 unspecified atom stereocenters. The maximum atomic E-state index is 12.5. The number of carbonyl (C=O) groups excluding carboxylic acids is 3. The first-order valence-corrected chi connectivity index (χ1v) is 10.8. The molecule has 182 valence electrons. The number of amides is 1. The number of ketones is 1. The lowest BCUT2D eigenvalue weighted by molar-refractivity contribution is -0.148. The van der Waals surface area contributed by atoms with Crippen molar-refractivity contribution < 1.29 is 38.5 Å². The van der Waals surface area contributed by atoms with E-state index < -0.39 is 42.9 Å². The number of nitrogens with one attached hydrogen (secondary N) is 1. The second-order valence-corrected chi connectivity index (χ2v) is 7.63. The van der Waals surface area contributed by atoms with Gasteiger partial charge in [0.2, 0.25) is 0 Å². The van der Waals surface area contributed by atoms with E-state index in [-0.39, 0.29) is 13.0 Å². The number of hydrogen-bond donors (Lipinski definition) is 2. The Morgan fingerprint density at radius 3 is 2.31 bits per heavy atom. The van der Waals surface area contributed by atoms with Crippen molar-refractivity contribution in [2.75, 3.05) is 13.7 Å². The number of fused-ring (bicyclic) bond motifs is 1. The Morgan fingerprint density at radius 1 is 0.886 bits per heavy atom. The monoisotopic (exact) mass is 479 g/mol. The number of benzene rings is 3. The number of carbonyl (C=O) groups is 4. The van der Waals surface area contributed by atoms with Gasteiger partial charge in [0.15, 0.2) is 12.4 Å². The van der Waals surface area contributed by atoms with Gasteiger partial charge in [0.25, 0.3) is 0 Å². The lowest BCUT2D eigenvalue weighted by Crippen LogP contribution is -2.44. The summed E-state index contributed by atoms with van der Waals surface area (Å²) in [5, 5.41) is 13.0. The Balaban J connectivity index is 1.57. The zero-order valence-corrected chi connectivity index (χ0v) is 19.1. The van der Waals surface area contributed by atoms with E-state index in [4.69, 9.17) is 19.3 Å². The average molecular weight is 479 g/mol. The number of rotatable bonds is 11. The van der Waals surface area contributed by atoms with Gasteiger partial charge in [0.1, 0.15) is 18.4 Å². The molecule has 3 rings (SSSR count). The fraction of sp³-hybridized carbons (Fsp3) is 0.231. The molecule has 1 amide bonds. The fourth-order valence-electron chi connectivity index (χ4n) is 3.46. The molecule has 0 saturated heterocycles. The number of alkyl carbamates (subject to hydrolysis) is 1. The second-order valence-electron chi connectivity index (χ2n) is 7.63. The number of ether oxygens (including phenoxy) is 3. The van der Waals surface area contributed by atoms with Crippen LogP contribution in [-0.2, 0) is 36.9 Å². The van der Waals surface area contributed by atoms with Gasteiger partial charge in [0, 0.05) is 5.39 Å². The first-order chi connectivity index (χ1) is 16.9. The van der Waals surface area contributed by atoms with E-state index in [0.717, 1.165) is 16.3 Å². The van der Waals surface area contributed by atoms with Crippen LogP contribution in [0.1, 0.15) is 17.5 Å². The summed E-state index contributed by atoms with van der Waals surface area (Å²) in [6.07, 6.45) is -1.74. The normalized spacial score (nSPS) is 11.3. The molecule has 2 N–H and O–H groups in total. The highest BCUT2D eigenvalue weighted by Crippen LogP contribution is 2.28. The molecule has 0 saturated carbocycles. The molecule has 0 aliphatic heterocycles. The van der Waals surface area contributed by atoms with Crippen LogP contribution in [0.4, 0.5) is 4.79 Å². The summed E-state index contributed by atoms with van der Waals surface area (Å²) in [5.74, 6) is -2.08. The third-order valence-corrected chi connectivity index (χ3v) is 5.17. The number of carboxylic acid groups (broad SMARTS) is 1. The number of methoxy groups -OCH3 is 1. The van der Waals surface area contributed by atoms with Gasteiger partial charge in [-0.25, -0.2) is 4.79 Å². The summed E-state index contributed by atoms with van der Waals surface area (Å²) in [5.41, 5.74) is 1.41. The number of carboxylic acids is 1. The van der Waals surface area contributed by atoms with E-state index in [0.29, 0.717) is 11.3 Å². The smallest absolute Gasteiger partial charge is 0.408 e. The number of Topliss-reactive ketones (excluding diaryl/α,β-unsaturated/α-hetero) is 1. The lowest BCUT2D eigenvalue weighted by Gasteiger charge is -2.16. The molecule has 3 aromatic carbocycles. The summed E-state index contributed by atoms with van der Waals surface area (Å²) >= 11 is 0. The summed E-state index contributed by atoms with van der Waals surface area (Å²) in [6, 6.07) is 18.3. The maximum Gasteiger partial charge on any atom is 0.408 e. The van der Waals surface area contributed by atoms with Crippen molar-refractivity contribution in [2.24, 2.45) is 0 Å². The molecule has 0 fully saturated rings. The van der Waals surface area contributed by atoms with Crippen molar-refractivity contribution >= 4 is 34.6 Å². The molecule has 0 aromatic heterocycles. The molecule has 0 radical (unpaired) electrons. The van der Waals surface area contributed by atoms with Crippen LogP contribution in [0.3, 0.4) is 0 Å². The van der Waals surface area contributed by atoms with Crippen molar-refractivity contribution in [3.8, 4) is 5.75 Å². The third-order valence-electron chi connectivity index (χ3n) is 5.17. The molecule has 0 bridgehead atoms. The van der Waals surface area contributed by atoms with Crippen LogP contribution < -0.4 is 10.1 Å². The van der Waals surface area contributed by atoms with Crippen LogP contribution in [0.15, 0.2) is 66.7 Å². The minimum Gasteiger partial charge on any atom is -0.496 e. The van der Waals surface area contributed by atoms with E-state index >= 15 is 0 Å². The number of aliphatic carboxylic acids is 1. The van der Waals surface area contributed by atoms with Gasteiger partial charge in [-0.2, -0.15) is 0 Å². The highest BCUT2D eigenvalue weighted by Gasteiger charge is 2.25. The van der Waals surface area contributed by atoms with Crippen molar-refractivity contribution in [1.82, 2.24) is 5.32 Å². The van der Waals surface area contributed by atoms with Gasteiger partial charge in [-0.15, -0.1) is 0 Å². The third kappa shape index (κ3) is 7.29. The van der Waals surface area contributed by atoms with E-state index in [1.807, 2.05) is 24.3 Å². The van der Waals surface area contributed by atoms with E-state index in [2.05, 4.69) is 5.32 Å². The average Bonchev–Trinajstić information content (AvgIpc) is 2.86. The largest absolute Gasteiger partial charge is 0.496 e. The second kappa shape index (κ2) is 12.2. The molecule has 9 heteroatoms. The molecule has 1 atom stereocenters. The van der Waals surface area contributed by atoms with Crippen LogP contribution in [0.2, 0.25) is 0 Å². The molecule has 0 spiro atoms.